The number of nitrogens with zero attached hydrogens (tertiary/aromatic N) is 2. The maximum Gasteiger partial charge on any atom is 0.535 e. The van der Waals surface area contributed by atoms with Crippen molar-refractivity contribution in [1.82, 2.24) is 4.90 Å². The number of likely N-dealkylation sites (tertiary alicyclic amines) is 1. The molecule has 10 nitrogen and oxygen atoms in total. The van der Waals surface area contributed by atoms with E-state index in [0.717, 1.165) is 32.1 Å². The molecule has 0 aromatic rings. The highest BCUT2D eigenvalue weighted by atomic mass is 16.6. The highest BCUT2D eigenvalue weighted by Gasteiger charge is 2.60. The van der Waals surface area contributed by atoms with E-state index in [9.17, 15) is 19.2 Å². The first kappa shape index (κ1) is 40.0. The quantitative estimate of drug-likeness (QED) is 0.130. The Hall–Kier alpha value is -2.04. The Labute approximate surface area is 267 Å². The minimum atomic E-state index is -1.35. The molecule has 2 unspecified atom stereocenters. The second-order valence-electron chi connectivity index (χ2n) is 14.5. The third kappa shape index (κ3) is 13.9. The van der Waals surface area contributed by atoms with Crippen molar-refractivity contribution in [3.05, 3.63) is 0 Å². The van der Waals surface area contributed by atoms with Gasteiger partial charge in [-0.2, -0.15) is 9.59 Å². The van der Waals surface area contributed by atoms with E-state index in [1.807, 2.05) is 0 Å². The van der Waals surface area contributed by atoms with Gasteiger partial charge in [0.1, 0.15) is 23.8 Å². The molecule has 44 heavy (non-hydrogen) atoms. The van der Waals surface area contributed by atoms with Crippen LogP contribution >= 0.6 is 0 Å². The van der Waals surface area contributed by atoms with Crippen LogP contribution in [-0.4, -0.2) is 76.3 Å². The van der Waals surface area contributed by atoms with Gasteiger partial charge in [-0.05, 0) is 86.6 Å². The van der Waals surface area contributed by atoms with Crippen molar-refractivity contribution in [3.8, 4) is 0 Å². The largest absolute Gasteiger partial charge is 0.535 e. The van der Waals surface area contributed by atoms with Crippen molar-refractivity contribution in [2.75, 3.05) is 19.6 Å². The summed E-state index contributed by atoms with van der Waals surface area (Å²) in [6, 6.07) is -1.66. The van der Waals surface area contributed by atoms with Gasteiger partial charge in [-0.15, -0.1) is 0 Å². The Kier molecular flexibility index (Phi) is 17.7. The van der Waals surface area contributed by atoms with Gasteiger partial charge in [0.2, 0.25) is 5.91 Å². The van der Waals surface area contributed by atoms with E-state index in [1.54, 1.807) is 46.4 Å². The predicted molar refractivity (Wildman–Crippen MR) is 175 cm³/mol. The van der Waals surface area contributed by atoms with Crippen LogP contribution in [0.4, 0.5) is 9.59 Å². The molecule has 256 valence electrons. The number of amides is 4. The fourth-order valence-electron chi connectivity index (χ4n) is 5.66. The van der Waals surface area contributed by atoms with Gasteiger partial charge >= 0.3 is 18.1 Å². The van der Waals surface area contributed by atoms with Crippen LogP contribution in [0.25, 0.3) is 0 Å². The van der Waals surface area contributed by atoms with Crippen molar-refractivity contribution < 1.29 is 33.1 Å². The summed E-state index contributed by atoms with van der Waals surface area (Å²) in [7, 11) is 0. The van der Waals surface area contributed by atoms with Crippen LogP contribution in [0.1, 0.15) is 151 Å². The van der Waals surface area contributed by atoms with Crippen molar-refractivity contribution >= 4 is 24.0 Å². The highest BCUT2D eigenvalue weighted by molar-refractivity contribution is 5.95. The van der Waals surface area contributed by atoms with Crippen LogP contribution in [0.15, 0.2) is 0 Å². The zero-order valence-electron chi connectivity index (χ0n) is 29.1. The van der Waals surface area contributed by atoms with Crippen LogP contribution in [0, 0.1) is 0 Å². The molecule has 0 aliphatic carbocycles. The van der Waals surface area contributed by atoms with Gasteiger partial charge in [0.05, 0.1) is 6.04 Å². The van der Waals surface area contributed by atoms with E-state index >= 15 is 0 Å². The lowest BCUT2D eigenvalue weighted by Gasteiger charge is -2.41. The average molecular weight is 626 g/mol. The fourth-order valence-corrected chi connectivity index (χ4v) is 5.66. The highest BCUT2D eigenvalue weighted by Crippen LogP contribution is 2.29. The zero-order chi connectivity index (χ0) is 33.4. The molecular formula is C34H65N4O6+. The molecule has 1 fully saturated rings. The molecule has 0 bridgehead atoms. The Bertz CT molecular complexity index is 867. The lowest BCUT2D eigenvalue weighted by Crippen LogP contribution is -2.70. The molecule has 0 saturated carbocycles. The first-order valence-corrected chi connectivity index (χ1v) is 17.2. The second-order valence-corrected chi connectivity index (χ2v) is 14.5. The summed E-state index contributed by atoms with van der Waals surface area (Å²) in [5.74, 6) is -0.810. The SMILES string of the molecule is CCCCCCCCCCCCC(=O)N1CCCCC1C[N+](C(=O)OC(C)(C)C)(C(=O)OC(C)(C)C)C(=O)C(N)CCCN. The summed E-state index contributed by atoms with van der Waals surface area (Å²) in [5.41, 5.74) is 10.0. The molecular weight excluding hydrogens is 560 g/mol. The number of imide groups is 3. The molecule has 0 aromatic heterocycles. The maximum atomic E-state index is 14.1. The Morgan fingerprint density at radius 2 is 1.30 bits per heavy atom. The Morgan fingerprint density at radius 3 is 1.77 bits per heavy atom. The average Bonchev–Trinajstić information content (AvgIpc) is 2.93. The lowest BCUT2D eigenvalue weighted by atomic mass is 9.98. The molecule has 0 spiro atoms. The monoisotopic (exact) mass is 625 g/mol. The number of nitrogens with two attached hydrogens (primary N) is 2. The number of unbranched alkanes of at least 4 members (excludes halogenated alkanes) is 9. The predicted octanol–water partition coefficient (Wildman–Crippen LogP) is 6.96. The first-order chi connectivity index (χ1) is 20.6. The first-order valence-electron chi connectivity index (χ1n) is 17.2. The number of hydrogen-bond acceptors (Lipinski definition) is 8. The third-order valence-corrected chi connectivity index (χ3v) is 8.00. The minimum absolute atomic E-state index is 0.0133. The van der Waals surface area contributed by atoms with Gasteiger partial charge in [-0.1, -0.05) is 69.2 Å². The molecule has 0 radical (unpaired) electrons. The number of quaternary nitrogens is 1. The van der Waals surface area contributed by atoms with Gasteiger partial charge in [0.15, 0.2) is 0 Å². The Morgan fingerprint density at radius 1 is 0.795 bits per heavy atom. The summed E-state index contributed by atoms with van der Waals surface area (Å²) >= 11 is 0. The van der Waals surface area contributed by atoms with E-state index in [4.69, 9.17) is 20.9 Å². The van der Waals surface area contributed by atoms with E-state index in [-0.39, 0.29) is 18.9 Å². The lowest BCUT2D eigenvalue weighted by molar-refractivity contribution is -0.716. The number of ether oxygens (including phenoxy) is 2. The number of carbonyl (C=O) groups is 4. The standard InChI is InChI=1S/C34H65N4O6/c1-8-9-10-11-12-13-14-15-16-17-23-29(39)37-25-19-18-21-27(37)26-38(31(41)43-33(2,3)4,32(42)44-34(5,6)7)30(40)28(36)22-20-24-35/h27-28H,8-26,35-36H2,1-7H3/q+1. The van der Waals surface area contributed by atoms with Gasteiger partial charge in [-0.25, -0.2) is 4.79 Å². The molecule has 1 heterocycles. The molecule has 2 atom stereocenters. The summed E-state index contributed by atoms with van der Waals surface area (Å²) < 4.78 is 10.1. The van der Waals surface area contributed by atoms with Crippen molar-refractivity contribution in [1.29, 1.82) is 0 Å². The summed E-state index contributed by atoms with van der Waals surface area (Å²) in [6.45, 7) is 12.8. The van der Waals surface area contributed by atoms with Crippen LogP contribution in [0.5, 0.6) is 0 Å². The minimum Gasteiger partial charge on any atom is -0.414 e. The van der Waals surface area contributed by atoms with Gasteiger partial charge in [0, 0.05) is 13.0 Å². The fraction of sp³-hybridized carbons (Fsp3) is 0.882. The van der Waals surface area contributed by atoms with Crippen LogP contribution in [-0.2, 0) is 19.1 Å². The van der Waals surface area contributed by atoms with E-state index in [0.29, 0.717) is 32.4 Å². The Balaban J connectivity index is 3.18. The number of carbonyl (C=O) groups excluding carboxylic acids is 4. The number of hydrogen-bond donors (Lipinski definition) is 2. The van der Waals surface area contributed by atoms with E-state index in [2.05, 4.69) is 6.92 Å². The topological polar surface area (TPSA) is 142 Å². The maximum absolute atomic E-state index is 14.1. The zero-order valence-corrected chi connectivity index (χ0v) is 29.1. The van der Waals surface area contributed by atoms with Crippen LogP contribution in [0.2, 0.25) is 0 Å². The smallest absolute Gasteiger partial charge is 0.414 e. The van der Waals surface area contributed by atoms with Crippen molar-refractivity contribution in [2.45, 2.75) is 174 Å². The normalized spacial score (nSPS) is 16.8. The van der Waals surface area contributed by atoms with Gasteiger partial charge < -0.3 is 25.8 Å². The van der Waals surface area contributed by atoms with Crippen LogP contribution < -0.4 is 11.5 Å². The molecule has 1 aliphatic rings. The molecule has 4 N–H and O–H groups in total. The summed E-state index contributed by atoms with van der Waals surface area (Å²) in [5, 5.41) is 0. The van der Waals surface area contributed by atoms with Crippen molar-refractivity contribution in [3.63, 3.8) is 0 Å². The number of piperidine rings is 1. The molecule has 1 rings (SSSR count). The third-order valence-electron chi connectivity index (χ3n) is 8.00. The summed E-state index contributed by atoms with van der Waals surface area (Å²) in [6.07, 6.45) is 12.9. The van der Waals surface area contributed by atoms with Crippen LogP contribution in [0.3, 0.4) is 0 Å². The second kappa shape index (κ2) is 19.5. The van der Waals surface area contributed by atoms with Gasteiger partial charge in [0.25, 0.3) is 0 Å². The number of rotatable bonds is 17. The van der Waals surface area contributed by atoms with Gasteiger partial charge in [-0.3, -0.25) is 4.79 Å². The molecule has 1 aliphatic heterocycles. The van der Waals surface area contributed by atoms with E-state index in [1.165, 1.54) is 44.9 Å². The molecule has 1 saturated heterocycles. The molecule has 4 amide bonds. The molecule has 0 aromatic carbocycles. The summed E-state index contributed by atoms with van der Waals surface area (Å²) in [4.78, 5) is 57.4. The van der Waals surface area contributed by atoms with E-state index < -0.39 is 45.9 Å². The van der Waals surface area contributed by atoms with Crippen molar-refractivity contribution in [2.24, 2.45) is 11.5 Å². The molecule has 10 heteroatoms.